The number of nitrogens with zero attached hydrogens (tertiary/aromatic N) is 2. The zero-order valence-electron chi connectivity index (χ0n) is 20.0. The maximum atomic E-state index is 12.7. The van der Waals surface area contributed by atoms with Gasteiger partial charge in [0.05, 0.1) is 18.8 Å². The molecule has 1 saturated heterocycles. The first-order chi connectivity index (χ1) is 15.8. The summed E-state index contributed by atoms with van der Waals surface area (Å²) in [6, 6.07) is 10.1. The van der Waals surface area contributed by atoms with Gasteiger partial charge in [-0.3, -0.25) is 0 Å². The van der Waals surface area contributed by atoms with Gasteiger partial charge in [-0.2, -0.15) is 17.4 Å². The van der Waals surface area contributed by atoms with Crippen LogP contribution in [-0.2, 0) is 19.7 Å². The third kappa shape index (κ3) is 5.45. The van der Waals surface area contributed by atoms with Crippen LogP contribution in [0.4, 0.5) is 0 Å². The van der Waals surface area contributed by atoms with Crippen LogP contribution in [0.15, 0.2) is 30.3 Å². The third-order valence-corrected chi connectivity index (χ3v) is 9.38. The third-order valence-electron chi connectivity index (χ3n) is 7.85. The molecular weight excluding hydrogens is 442 g/mol. The predicted octanol–water partition coefficient (Wildman–Crippen LogP) is 2.27. The Labute approximate surface area is 198 Å². The highest BCUT2D eigenvalue weighted by Crippen LogP contribution is 2.43. The van der Waals surface area contributed by atoms with Crippen LogP contribution in [0, 0.1) is 5.92 Å². The number of hydrogen-bond donors (Lipinski definition) is 2. The molecule has 1 aromatic carbocycles. The smallest absolute Gasteiger partial charge is 0.279 e. The molecule has 33 heavy (non-hydrogen) atoms. The Hall–Kier alpha value is -1.07. The first-order valence-corrected chi connectivity index (χ1v) is 13.6. The SMILES string of the molecule is COC(O)N1[C@@H]2CCC[C@@H]2[C@H](NS(=O)(=O)N(C)C)[C@@H]1CO[C@H]1CC[C@@H](c2ccccc2)CC1. The van der Waals surface area contributed by atoms with Crippen LogP contribution in [-0.4, -0.2) is 81.2 Å². The Morgan fingerprint density at radius 3 is 2.45 bits per heavy atom. The van der Waals surface area contributed by atoms with E-state index in [9.17, 15) is 13.5 Å². The highest BCUT2D eigenvalue weighted by molar-refractivity contribution is 7.87. The Morgan fingerprint density at radius 1 is 1.12 bits per heavy atom. The van der Waals surface area contributed by atoms with E-state index in [0.717, 1.165) is 44.9 Å². The van der Waals surface area contributed by atoms with Gasteiger partial charge >= 0.3 is 0 Å². The lowest BCUT2D eigenvalue weighted by Gasteiger charge is -2.36. The topological polar surface area (TPSA) is 91.3 Å². The molecule has 0 aromatic heterocycles. The highest BCUT2D eigenvalue weighted by atomic mass is 32.2. The molecule has 2 N–H and O–H groups in total. The van der Waals surface area contributed by atoms with Crippen molar-refractivity contribution in [2.75, 3.05) is 27.8 Å². The fourth-order valence-electron chi connectivity index (χ4n) is 6.08. The van der Waals surface area contributed by atoms with Crippen LogP contribution in [0.1, 0.15) is 56.4 Å². The number of hydrogen-bond acceptors (Lipinski definition) is 6. The lowest BCUT2D eigenvalue weighted by molar-refractivity contribution is -0.201. The molecule has 8 nitrogen and oxygen atoms in total. The summed E-state index contributed by atoms with van der Waals surface area (Å²) in [6.45, 7) is 0.370. The molecular formula is C24H39N3O5S. The molecule has 1 aromatic rings. The van der Waals surface area contributed by atoms with Crippen molar-refractivity contribution in [2.24, 2.45) is 5.92 Å². The summed E-state index contributed by atoms with van der Waals surface area (Å²) in [7, 11) is 0.929. The van der Waals surface area contributed by atoms with E-state index in [1.807, 2.05) is 4.90 Å². The van der Waals surface area contributed by atoms with Crippen molar-refractivity contribution < 1.29 is 23.0 Å². The van der Waals surface area contributed by atoms with Crippen molar-refractivity contribution in [3.63, 3.8) is 0 Å². The largest absolute Gasteiger partial charge is 0.377 e. The second kappa shape index (κ2) is 10.7. The molecule has 3 aliphatic rings. The van der Waals surface area contributed by atoms with E-state index in [4.69, 9.17) is 9.47 Å². The van der Waals surface area contributed by atoms with Crippen molar-refractivity contribution in [1.82, 2.24) is 13.9 Å². The molecule has 2 saturated carbocycles. The Balaban J connectivity index is 1.44. The molecule has 1 aliphatic heterocycles. The minimum atomic E-state index is -3.61. The maximum Gasteiger partial charge on any atom is 0.279 e. The normalized spacial score (nSPS) is 34.0. The average Bonchev–Trinajstić information content (AvgIpc) is 3.39. The van der Waals surface area contributed by atoms with E-state index in [1.54, 1.807) is 0 Å². The number of fused-ring (bicyclic) bond motifs is 1. The lowest BCUT2D eigenvalue weighted by Crippen LogP contribution is -2.54. The van der Waals surface area contributed by atoms with E-state index in [1.165, 1.54) is 31.1 Å². The van der Waals surface area contributed by atoms with Crippen molar-refractivity contribution in [2.45, 2.75) is 81.5 Å². The lowest BCUT2D eigenvalue weighted by atomic mass is 9.83. The van der Waals surface area contributed by atoms with Gasteiger partial charge in [0.1, 0.15) is 0 Å². The van der Waals surface area contributed by atoms with Gasteiger partial charge in [-0.25, -0.2) is 4.90 Å². The quantitative estimate of drug-likeness (QED) is 0.526. The van der Waals surface area contributed by atoms with Gasteiger partial charge in [0, 0.05) is 33.3 Å². The number of benzene rings is 1. The molecule has 3 fully saturated rings. The number of likely N-dealkylation sites (tertiary alicyclic amines) is 1. The zero-order valence-corrected chi connectivity index (χ0v) is 20.8. The number of aliphatic hydroxyl groups excluding tert-OH is 1. The number of rotatable bonds is 9. The van der Waals surface area contributed by atoms with Gasteiger partial charge in [0.25, 0.3) is 10.2 Å². The van der Waals surface area contributed by atoms with Gasteiger partial charge in [-0.15, -0.1) is 0 Å². The summed E-state index contributed by atoms with van der Waals surface area (Å²) in [5.41, 5.74) is 1.40. The van der Waals surface area contributed by atoms with E-state index >= 15 is 0 Å². The van der Waals surface area contributed by atoms with Crippen LogP contribution in [0.25, 0.3) is 0 Å². The summed E-state index contributed by atoms with van der Waals surface area (Å²) in [5, 5.41) is 10.7. The van der Waals surface area contributed by atoms with Crippen LogP contribution in [0.2, 0.25) is 0 Å². The fraction of sp³-hybridized carbons (Fsp3) is 0.750. The second-order valence-corrected chi connectivity index (χ2v) is 11.8. The Kier molecular flexibility index (Phi) is 8.10. The molecule has 0 spiro atoms. The molecule has 1 unspecified atom stereocenters. The number of aliphatic hydroxyl groups is 1. The molecule has 0 bridgehead atoms. The molecule has 0 amide bonds. The standard InChI is InChI=1S/C24H39N3O5S/c1-26(2)33(29,30)25-23-20-10-7-11-21(20)27(24(28)31-3)22(23)16-32-19-14-12-18(13-15-19)17-8-5-4-6-9-17/h4-6,8-9,18-25,28H,7,10-16H2,1-3H3/t18-,19+,20-,21+,22-,23-,24?/m0/s1. The summed E-state index contributed by atoms with van der Waals surface area (Å²) in [6.07, 6.45) is 6.09. The van der Waals surface area contributed by atoms with E-state index in [0.29, 0.717) is 12.5 Å². The van der Waals surface area contributed by atoms with Crippen LogP contribution < -0.4 is 4.72 Å². The second-order valence-electron chi connectivity index (χ2n) is 9.89. The molecule has 2 aliphatic carbocycles. The van der Waals surface area contributed by atoms with Gasteiger partial charge in [0.15, 0.2) is 0 Å². The van der Waals surface area contributed by atoms with E-state index < -0.39 is 16.6 Å². The molecule has 1 heterocycles. The first kappa shape index (κ1) is 25.0. The van der Waals surface area contributed by atoms with Gasteiger partial charge < -0.3 is 14.6 Å². The molecule has 186 valence electrons. The van der Waals surface area contributed by atoms with Crippen LogP contribution >= 0.6 is 0 Å². The molecule has 0 radical (unpaired) electrons. The minimum absolute atomic E-state index is 0.0808. The predicted molar refractivity (Wildman–Crippen MR) is 127 cm³/mol. The van der Waals surface area contributed by atoms with Crippen LogP contribution in [0.5, 0.6) is 0 Å². The monoisotopic (exact) mass is 481 g/mol. The number of ether oxygens (including phenoxy) is 2. The van der Waals surface area contributed by atoms with E-state index in [2.05, 4.69) is 35.1 Å². The molecule has 9 heteroatoms. The van der Waals surface area contributed by atoms with Gasteiger partial charge in [0.2, 0.25) is 6.41 Å². The van der Waals surface area contributed by atoms with Crippen LogP contribution in [0.3, 0.4) is 0 Å². The minimum Gasteiger partial charge on any atom is -0.377 e. The zero-order chi connectivity index (χ0) is 23.6. The molecule has 5 atom stereocenters. The van der Waals surface area contributed by atoms with Crippen molar-refractivity contribution in [1.29, 1.82) is 0 Å². The summed E-state index contributed by atoms with van der Waals surface area (Å²) in [5.74, 6) is 0.704. The number of nitrogens with one attached hydrogen (secondary N) is 1. The number of methoxy groups -OCH3 is 1. The summed E-state index contributed by atoms with van der Waals surface area (Å²) < 4.78 is 41.2. The first-order valence-electron chi connectivity index (χ1n) is 12.2. The molecule has 4 rings (SSSR count). The summed E-state index contributed by atoms with van der Waals surface area (Å²) in [4.78, 5) is 1.94. The summed E-state index contributed by atoms with van der Waals surface area (Å²) >= 11 is 0. The average molecular weight is 482 g/mol. The Bertz CT molecular complexity index is 860. The highest BCUT2D eigenvalue weighted by Gasteiger charge is 2.54. The maximum absolute atomic E-state index is 12.7. The Morgan fingerprint density at radius 2 is 1.82 bits per heavy atom. The van der Waals surface area contributed by atoms with Gasteiger partial charge in [-0.1, -0.05) is 36.8 Å². The van der Waals surface area contributed by atoms with Gasteiger partial charge in [-0.05, 0) is 55.9 Å². The van der Waals surface area contributed by atoms with Crippen molar-refractivity contribution in [3.8, 4) is 0 Å². The van der Waals surface area contributed by atoms with E-state index in [-0.39, 0.29) is 30.1 Å². The van der Waals surface area contributed by atoms with Crippen molar-refractivity contribution in [3.05, 3.63) is 35.9 Å². The van der Waals surface area contributed by atoms with Crippen molar-refractivity contribution >= 4 is 10.2 Å². The fourth-order valence-corrected chi connectivity index (χ4v) is 6.97.